The van der Waals surface area contributed by atoms with E-state index < -0.39 is 23.7 Å². The number of hydrogen-bond donors (Lipinski definition) is 3. The molecule has 1 unspecified atom stereocenters. The minimum Gasteiger partial charge on any atom is -0.480 e. The van der Waals surface area contributed by atoms with Crippen LogP contribution in [0.5, 0.6) is 0 Å². The number of aromatic nitrogens is 1. The Kier molecular flexibility index (Phi) is 6.05. The number of ether oxygens (including phenoxy) is 1. The van der Waals surface area contributed by atoms with Gasteiger partial charge in [0.05, 0.1) is 0 Å². The lowest BCUT2D eigenvalue weighted by Crippen LogP contribution is -2.31. The van der Waals surface area contributed by atoms with E-state index in [1.165, 1.54) is 0 Å². The fourth-order valence-corrected chi connectivity index (χ4v) is 3.25. The second kappa shape index (κ2) is 9.09. The SMILES string of the molecule is Cc1noc(C#Cc2ccc(NC3(C(=O)O)CC3)cc2)c1NC(=O)OC(C)c1ccccc1. The molecule has 4 rings (SSSR count). The zero-order valence-corrected chi connectivity index (χ0v) is 18.2. The second-order valence-corrected chi connectivity index (χ2v) is 7.89. The van der Waals surface area contributed by atoms with Crippen molar-refractivity contribution in [2.24, 2.45) is 0 Å². The first-order valence-electron chi connectivity index (χ1n) is 10.5. The van der Waals surface area contributed by atoms with Crippen LogP contribution in [0, 0.1) is 18.8 Å². The summed E-state index contributed by atoms with van der Waals surface area (Å²) in [6, 6.07) is 16.5. The number of rotatable bonds is 6. The van der Waals surface area contributed by atoms with E-state index in [1.807, 2.05) is 30.3 Å². The number of aliphatic carboxylic acids is 1. The lowest BCUT2D eigenvalue weighted by atomic mass is 10.1. The van der Waals surface area contributed by atoms with Crippen molar-refractivity contribution < 1.29 is 24.0 Å². The Morgan fingerprint density at radius 1 is 1.12 bits per heavy atom. The molecule has 3 aromatic rings. The molecule has 3 N–H and O–H groups in total. The highest BCUT2D eigenvalue weighted by molar-refractivity contribution is 5.87. The number of carbonyl (C=O) groups is 2. The maximum atomic E-state index is 12.4. The first-order chi connectivity index (χ1) is 15.9. The van der Waals surface area contributed by atoms with Gasteiger partial charge in [0.2, 0.25) is 5.76 Å². The van der Waals surface area contributed by atoms with E-state index in [2.05, 4.69) is 27.6 Å². The van der Waals surface area contributed by atoms with Gasteiger partial charge >= 0.3 is 12.1 Å². The average Bonchev–Trinajstić information content (AvgIpc) is 3.52. The predicted molar refractivity (Wildman–Crippen MR) is 122 cm³/mol. The summed E-state index contributed by atoms with van der Waals surface area (Å²) in [7, 11) is 0. The molecule has 0 aliphatic heterocycles. The molecule has 1 aliphatic rings. The van der Waals surface area contributed by atoms with Crippen molar-refractivity contribution in [3.05, 3.63) is 77.2 Å². The summed E-state index contributed by atoms with van der Waals surface area (Å²) >= 11 is 0. The molecule has 1 aromatic heterocycles. The molecule has 1 atom stereocenters. The summed E-state index contributed by atoms with van der Waals surface area (Å²) in [5.74, 6) is 5.20. The minimum absolute atomic E-state index is 0.210. The van der Waals surface area contributed by atoms with Gasteiger partial charge in [-0.25, -0.2) is 9.59 Å². The van der Waals surface area contributed by atoms with E-state index in [9.17, 15) is 14.7 Å². The fraction of sp³-hybridized carbons (Fsp3) is 0.240. The molecule has 0 bridgehead atoms. The van der Waals surface area contributed by atoms with Crippen molar-refractivity contribution in [1.29, 1.82) is 0 Å². The maximum Gasteiger partial charge on any atom is 0.412 e. The van der Waals surface area contributed by atoms with Gasteiger partial charge in [0.25, 0.3) is 0 Å². The van der Waals surface area contributed by atoms with Crippen LogP contribution in [0.1, 0.15) is 48.5 Å². The highest BCUT2D eigenvalue weighted by Gasteiger charge is 2.50. The van der Waals surface area contributed by atoms with Crippen LogP contribution >= 0.6 is 0 Å². The first kappa shape index (κ1) is 22.0. The third-order valence-electron chi connectivity index (χ3n) is 5.39. The lowest BCUT2D eigenvalue weighted by molar-refractivity contribution is -0.138. The van der Waals surface area contributed by atoms with E-state index in [1.54, 1.807) is 38.1 Å². The van der Waals surface area contributed by atoms with E-state index in [0.717, 1.165) is 5.56 Å². The number of carbonyl (C=O) groups excluding carboxylic acids is 1. The van der Waals surface area contributed by atoms with Crippen LogP contribution < -0.4 is 10.6 Å². The van der Waals surface area contributed by atoms with Gasteiger partial charge in [-0.1, -0.05) is 41.4 Å². The van der Waals surface area contributed by atoms with Crippen LogP contribution in [0.3, 0.4) is 0 Å². The molecular formula is C25H23N3O5. The first-order valence-corrected chi connectivity index (χ1v) is 10.5. The largest absolute Gasteiger partial charge is 0.480 e. The number of carboxylic acids is 1. The van der Waals surface area contributed by atoms with Crippen molar-refractivity contribution in [2.45, 2.75) is 38.3 Å². The van der Waals surface area contributed by atoms with Gasteiger partial charge < -0.3 is 19.7 Å². The van der Waals surface area contributed by atoms with Crippen molar-refractivity contribution >= 4 is 23.4 Å². The maximum absolute atomic E-state index is 12.4. The predicted octanol–water partition coefficient (Wildman–Crippen LogP) is 4.72. The third-order valence-corrected chi connectivity index (χ3v) is 5.39. The molecule has 2 aromatic carbocycles. The van der Waals surface area contributed by atoms with Crippen LogP contribution in [0.4, 0.5) is 16.2 Å². The summed E-state index contributed by atoms with van der Waals surface area (Å²) in [4.78, 5) is 23.7. The van der Waals surface area contributed by atoms with Gasteiger partial charge in [-0.05, 0) is 62.4 Å². The Balaban J connectivity index is 1.41. The Labute approximate surface area is 190 Å². The highest BCUT2D eigenvalue weighted by atomic mass is 16.6. The molecule has 0 spiro atoms. The van der Waals surface area contributed by atoms with Crippen molar-refractivity contribution in [2.75, 3.05) is 10.6 Å². The number of carboxylic acid groups (broad SMARTS) is 1. The fourth-order valence-electron chi connectivity index (χ4n) is 3.25. The number of benzene rings is 2. The molecule has 0 saturated heterocycles. The third kappa shape index (κ3) is 5.15. The van der Waals surface area contributed by atoms with Crippen molar-refractivity contribution in [3.63, 3.8) is 0 Å². The van der Waals surface area contributed by atoms with Crippen LogP contribution in [-0.4, -0.2) is 27.9 Å². The molecule has 0 radical (unpaired) electrons. The standard InChI is InChI=1S/C25H23N3O5/c1-16-22(26-24(31)32-17(2)19-6-4-3-5-7-19)21(33-28-16)13-10-18-8-11-20(12-9-18)27-25(14-15-25)23(29)30/h3-9,11-12,17,27H,14-15H2,1-2H3,(H,26,31)(H,29,30). The summed E-state index contributed by atoms with van der Waals surface area (Å²) < 4.78 is 10.7. The number of nitrogens with one attached hydrogen (secondary N) is 2. The molecule has 1 fully saturated rings. The Morgan fingerprint density at radius 3 is 2.45 bits per heavy atom. The molecule has 168 valence electrons. The molecule has 1 saturated carbocycles. The monoisotopic (exact) mass is 445 g/mol. The number of nitrogens with zero attached hydrogens (tertiary/aromatic N) is 1. The quantitative estimate of drug-likeness (QED) is 0.470. The van der Waals surface area contributed by atoms with Crippen LogP contribution in [0.15, 0.2) is 59.1 Å². The van der Waals surface area contributed by atoms with E-state index in [0.29, 0.717) is 35.5 Å². The molecule has 33 heavy (non-hydrogen) atoms. The molecule has 8 nitrogen and oxygen atoms in total. The van der Waals surface area contributed by atoms with Gasteiger partial charge in [-0.15, -0.1) is 0 Å². The Bertz CT molecular complexity index is 1220. The lowest BCUT2D eigenvalue weighted by Gasteiger charge is -2.13. The van der Waals surface area contributed by atoms with E-state index >= 15 is 0 Å². The summed E-state index contributed by atoms with van der Waals surface area (Å²) in [5, 5.41) is 18.9. The zero-order chi connectivity index (χ0) is 23.4. The van der Waals surface area contributed by atoms with Crippen molar-refractivity contribution in [3.8, 4) is 11.8 Å². The Hall–Kier alpha value is -4.25. The average molecular weight is 445 g/mol. The van der Waals surface area contributed by atoms with Gasteiger partial charge in [-0.3, -0.25) is 5.32 Å². The van der Waals surface area contributed by atoms with Gasteiger partial charge in [0.15, 0.2) is 0 Å². The van der Waals surface area contributed by atoms with Gasteiger partial charge in [0, 0.05) is 11.3 Å². The summed E-state index contributed by atoms with van der Waals surface area (Å²) in [6.45, 7) is 3.48. The highest BCUT2D eigenvalue weighted by Crippen LogP contribution is 2.39. The molecule has 8 heteroatoms. The smallest absolute Gasteiger partial charge is 0.412 e. The minimum atomic E-state index is -0.849. The van der Waals surface area contributed by atoms with E-state index in [4.69, 9.17) is 9.26 Å². The topological polar surface area (TPSA) is 114 Å². The van der Waals surface area contributed by atoms with Crippen LogP contribution in [0.25, 0.3) is 0 Å². The van der Waals surface area contributed by atoms with Crippen LogP contribution in [-0.2, 0) is 9.53 Å². The molecular weight excluding hydrogens is 422 g/mol. The molecule has 1 aliphatic carbocycles. The van der Waals surface area contributed by atoms with E-state index in [-0.39, 0.29) is 5.76 Å². The number of aryl methyl sites for hydroxylation is 1. The normalized spacial score (nSPS) is 14.4. The second-order valence-electron chi connectivity index (χ2n) is 7.89. The van der Waals surface area contributed by atoms with Gasteiger partial charge in [-0.2, -0.15) is 0 Å². The Morgan fingerprint density at radius 2 is 1.82 bits per heavy atom. The number of amides is 1. The zero-order valence-electron chi connectivity index (χ0n) is 18.2. The van der Waals surface area contributed by atoms with Gasteiger partial charge in [0.1, 0.15) is 23.0 Å². The molecule has 1 amide bonds. The number of anilines is 2. The summed E-state index contributed by atoms with van der Waals surface area (Å²) in [5.41, 5.74) is 2.27. The molecule has 1 heterocycles. The van der Waals surface area contributed by atoms with Crippen molar-refractivity contribution in [1.82, 2.24) is 5.16 Å². The van der Waals surface area contributed by atoms with Crippen LogP contribution in [0.2, 0.25) is 0 Å². The number of hydrogen-bond acceptors (Lipinski definition) is 6. The summed E-state index contributed by atoms with van der Waals surface area (Å²) in [6.07, 6.45) is 0.154.